The third-order valence-electron chi connectivity index (χ3n) is 3.92. The first kappa shape index (κ1) is 19.0. The van der Waals surface area contributed by atoms with E-state index in [1.165, 1.54) is 5.56 Å². The van der Waals surface area contributed by atoms with Crippen LogP contribution in [0.1, 0.15) is 23.6 Å². The third kappa shape index (κ3) is 4.83. The van der Waals surface area contributed by atoms with Gasteiger partial charge in [0, 0.05) is 38.5 Å². The van der Waals surface area contributed by atoms with Crippen LogP contribution in [0.25, 0.3) is 0 Å². The molecule has 1 aliphatic carbocycles. The maximum absolute atomic E-state index is 4.57. The van der Waals surface area contributed by atoms with Gasteiger partial charge in [0.05, 0.1) is 12.2 Å². The van der Waals surface area contributed by atoms with Gasteiger partial charge in [0.25, 0.3) is 0 Å². The van der Waals surface area contributed by atoms with Crippen molar-refractivity contribution < 1.29 is 0 Å². The Kier molecular flexibility index (Phi) is 6.85. The fourth-order valence-electron chi connectivity index (χ4n) is 2.55. The van der Waals surface area contributed by atoms with Crippen LogP contribution in [0.4, 0.5) is 5.13 Å². The molecule has 1 aromatic carbocycles. The molecule has 3 rings (SSSR count). The van der Waals surface area contributed by atoms with Gasteiger partial charge in [-0.3, -0.25) is 4.99 Å². The van der Waals surface area contributed by atoms with E-state index in [1.54, 1.807) is 11.3 Å². The molecule has 5 nitrogen and oxygen atoms in total. The molecule has 1 fully saturated rings. The van der Waals surface area contributed by atoms with E-state index in [-0.39, 0.29) is 24.0 Å². The summed E-state index contributed by atoms with van der Waals surface area (Å²) in [6.45, 7) is 0.687. The second-order valence-electron chi connectivity index (χ2n) is 5.95. The monoisotopic (exact) mass is 457 g/mol. The highest BCUT2D eigenvalue weighted by molar-refractivity contribution is 14.0. The molecule has 0 spiro atoms. The van der Waals surface area contributed by atoms with Gasteiger partial charge in [-0.05, 0) is 12.0 Å². The molecule has 1 aromatic heterocycles. The molecule has 2 aromatic rings. The van der Waals surface area contributed by atoms with Crippen molar-refractivity contribution in [3.8, 4) is 0 Å². The smallest absolute Gasteiger partial charge is 0.191 e. The Balaban J connectivity index is 0.00000208. The summed E-state index contributed by atoms with van der Waals surface area (Å²) in [6.07, 6.45) is 1.16. The lowest BCUT2D eigenvalue weighted by Gasteiger charge is -2.11. The predicted molar refractivity (Wildman–Crippen MR) is 113 cm³/mol. The molecule has 2 unspecified atom stereocenters. The lowest BCUT2D eigenvalue weighted by atomic mass is 10.1. The van der Waals surface area contributed by atoms with Crippen molar-refractivity contribution >= 4 is 46.4 Å². The fourth-order valence-corrected chi connectivity index (χ4v) is 3.31. The summed E-state index contributed by atoms with van der Waals surface area (Å²) in [5.41, 5.74) is 2.44. The van der Waals surface area contributed by atoms with Crippen LogP contribution in [0, 0.1) is 0 Å². The number of aromatic nitrogens is 1. The predicted octanol–water partition coefficient (Wildman–Crippen LogP) is 3.05. The standard InChI is InChI=1S/C17H23N5S.HI/c1-18-16(19-10-13-11-23-17(20-13)22(2)3)21-15-9-14(15)12-7-5-4-6-8-12;/h4-8,11,14-15H,9-10H2,1-3H3,(H2,18,19,21);1H. The molecule has 0 radical (unpaired) electrons. The molecule has 24 heavy (non-hydrogen) atoms. The van der Waals surface area contributed by atoms with Gasteiger partial charge in [-0.25, -0.2) is 4.98 Å². The van der Waals surface area contributed by atoms with Crippen LogP contribution in [-0.4, -0.2) is 38.1 Å². The highest BCUT2D eigenvalue weighted by Gasteiger charge is 2.38. The van der Waals surface area contributed by atoms with Crippen molar-refractivity contribution in [3.05, 3.63) is 47.0 Å². The lowest BCUT2D eigenvalue weighted by molar-refractivity contribution is 0.781. The van der Waals surface area contributed by atoms with E-state index >= 15 is 0 Å². The van der Waals surface area contributed by atoms with E-state index in [4.69, 9.17) is 0 Å². The number of thiazole rings is 1. The van der Waals surface area contributed by atoms with Crippen LogP contribution in [0.5, 0.6) is 0 Å². The van der Waals surface area contributed by atoms with Crippen LogP contribution in [0.2, 0.25) is 0 Å². The van der Waals surface area contributed by atoms with Crippen LogP contribution in [0.3, 0.4) is 0 Å². The SMILES string of the molecule is CN=C(NCc1csc(N(C)C)n1)NC1CC1c1ccccc1.I. The van der Waals surface area contributed by atoms with Crippen LogP contribution in [-0.2, 0) is 6.54 Å². The topological polar surface area (TPSA) is 52.6 Å². The Morgan fingerprint density at radius 1 is 1.33 bits per heavy atom. The van der Waals surface area contributed by atoms with Crippen LogP contribution in [0.15, 0.2) is 40.7 Å². The molecule has 1 heterocycles. The first-order valence-corrected chi connectivity index (χ1v) is 8.69. The Hall–Kier alpha value is -1.35. The van der Waals surface area contributed by atoms with Gasteiger partial charge in [-0.1, -0.05) is 30.3 Å². The number of benzene rings is 1. The molecule has 7 heteroatoms. The van der Waals surface area contributed by atoms with E-state index in [0.29, 0.717) is 18.5 Å². The quantitative estimate of drug-likeness (QED) is 0.412. The normalized spacial score (nSPS) is 19.4. The second-order valence-corrected chi connectivity index (χ2v) is 6.78. The first-order chi connectivity index (χ1) is 11.2. The number of hydrogen-bond donors (Lipinski definition) is 2. The van der Waals surface area contributed by atoms with Gasteiger partial charge in [0.1, 0.15) is 0 Å². The number of nitrogens with zero attached hydrogens (tertiary/aromatic N) is 3. The summed E-state index contributed by atoms with van der Waals surface area (Å²) in [4.78, 5) is 10.9. The van der Waals surface area contributed by atoms with E-state index in [0.717, 1.165) is 23.2 Å². The van der Waals surface area contributed by atoms with Crippen molar-refractivity contribution in [2.75, 3.05) is 26.0 Å². The average molecular weight is 457 g/mol. The molecule has 0 saturated heterocycles. The minimum Gasteiger partial charge on any atom is -0.354 e. The van der Waals surface area contributed by atoms with Gasteiger partial charge < -0.3 is 15.5 Å². The molecule has 1 saturated carbocycles. The average Bonchev–Trinajstić information content (AvgIpc) is 3.17. The van der Waals surface area contributed by atoms with Crippen molar-refractivity contribution in [2.24, 2.45) is 4.99 Å². The molecule has 0 aliphatic heterocycles. The van der Waals surface area contributed by atoms with Gasteiger partial charge in [0.15, 0.2) is 11.1 Å². The van der Waals surface area contributed by atoms with Crippen LogP contribution >= 0.6 is 35.3 Å². The molecule has 0 amide bonds. The van der Waals surface area contributed by atoms with E-state index in [2.05, 4.69) is 56.3 Å². The molecule has 2 N–H and O–H groups in total. The highest BCUT2D eigenvalue weighted by Crippen LogP contribution is 2.40. The molecule has 0 bridgehead atoms. The molecule has 1 aliphatic rings. The Bertz CT molecular complexity index is 671. The highest BCUT2D eigenvalue weighted by atomic mass is 127. The zero-order chi connectivity index (χ0) is 16.2. The molecular weight excluding hydrogens is 433 g/mol. The molecule has 2 atom stereocenters. The molecular formula is C17H24IN5S. The Morgan fingerprint density at radius 2 is 2.08 bits per heavy atom. The van der Waals surface area contributed by atoms with Crippen molar-refractivity contribution in [1.29, 1.82) is 0 Å². The Morgan fingerprint density at radius 3 is 2.71 bits per heavy atom. The number of anilines is 1. The summed E-state index contributed by atoms with van der Waals surface area (Å²) in [5, 5.41) is 9.95. The van der Waals surface area contributed by atoms with Crippen molar-refractivity contribution in [3.63, 3.8) is 0 Å². The minimum absolute atomic E-state index is 0. The van der Waals surface area contributed by atoms with E-state index < -0.39 is 0 Å². The number of aliphatic imine (C=N–C) groups is 1. The van der Waals surface area contributed by atoms with Gasteiger partial charge in [0.2, 0.25) is 0 Å². The maximum Gasteiger partial charge on any atom is 0.191 e. The molecule has 130 valence electrons. The summed E-state index contributed by atoms with van der Waals surface area (Å²) in [5.74, 6) is 1.43. The summed E-state index contributed by atoms with van der Waals surface area (Å²) in [7, 11) is 5.82. The Labute approximate surface area is 164 Å². The lowest BCUT2D eigenvalue weighted by Crippen LogP contribution is -2.38. The van der Waals surface area contributed by atoms with Gasteiger partial charge in [-0.15, -0.1) is 35.3 Å². The fraction of sp³-hybridized carbons (Fsp3) is 0.412. The maximum atomic E-state index is 4.57. The van der Waals surface area contributed by atoms with E-state index in [9.17, 15) is 0 Å². The van der Waals surface area contributed by atoms with Crippen molar-refractivity contribution in [2.45, 2.75) is 24.9 Å². The van der Waals surface area contributed by atoms with E-state index in [1.807, 2.05) is 26.0 Å². The number of guanidine groups is 1. The summed E-state index contributed by atoms with van der Waals surface area (Å²) >= 11 is 1.66. The zero-order valence-electron chi connectivity index (χ0n) is 14.2. The minimum atomic E-state index is 0. The zero-order valence-corrected chi connectivity index (χ0v) is 17.3. The van der Waals surface area contributed by atoms with Crippen LogP contribution < -0.4 is 15.5 Å². The second kappa shape index (κ2) is 8.66. The van der Waals surface area contributed by atoms with Gasteiger partial charge >= 0.3 is 0 Å². The number of nitrogens with one attached hydrogen (secondary N) is 2. The number of rotatable bonds is 5. The summed E-state index contributed by atoms with van der Waals surface area (Å²) < 4.78 is 0. The number of hydrogen-bond acceptors (Lipinski definition) is 4. The number of halogens is 1. The third-order valence-corrected chi connectivity index (χ3v) is 4.98. The van der Waals surface area contributed by atoms with Crippen molar-refractivity contribution in [1.82, 2.24) is 15.6 Å². The largest absolute Gasteiger partial charge is 0.354 e. The first-order valence-electron chi connectivity index (χ1n) is 7.81. The summed E-state index contributed by atoms with van der Waals surface area (Å²) in [6, 6.07) is 11.1. The van der Waals surface area contributed by atoms with Gasteiger partial charge in [-0.2, -0.15) is 0 Å².